The molecule has 1 aromatic heterocycles. The maximum absolute atomic E-state index is 13.0. The fraction of sp³-hybridized carbons (Fsp3) is 0.235. The van der Waals surface area contributed by atoms with Crippen LogP contribution < -0.4 is 4.74 Å². The molecular weight excluding hydrogens is 327 g/mol. The van der Waals surface area contributed by atoms with Crippen LogP contribution in [0.15, 0.2) is 53.7 Å². The highest BCUT2D eigenvalue weighted by atomic mass is 32.2. The highest BCUT2D eigenvalue weighted by Crippen LogP contribution is 2.33. The topological polar surface area (TPSA) is 52.8 Å². The summed E-state index contributed by atoms with van der Waals surface area (Å²) in [5.74, 6) is 0.579. The lowest BCUT2D eigenvalue weighted by Crippen LogP contribution is -2.04. The molecule has 0 fully saturated rings. The van der Waals surface area contributed by atoms with Gasteiger partial charge >= 0.3 is 0 Å². The molecule has 0 aliphatic rings. The van der Waals surface area contributed by atoms with E-state index >= 15 is 0 Å². The average molecular weight is 344 g/mol. The van der Waals surface area contributed by atoms with Crippen molar-refractivity contribution in [2.24, 2.45) is 0 Å². The average Bonchev–Trinajstić information content (AvgIpc) is 3.03. The lowest BCUT2D eigenvalue weighted by Gasteiger charge is -2.11. The minimum atomic E-state index is -0.236. The highest BCUT2D eigenvalue weighted by Gasteiger charge is 2.14. The van der Waals surface area contributed by atoms with Gasteiger partial charge in [-0.2, -0.15) is 0 Å². The number of methoxy groups -OCH3 is 1. The van der Waals surface area contributed by atoms with Crippen molar-refractivity contribution in [2.75, 3.05) is 7.11 Å². The number of thioether (sulfide) groups is 1. The lowest BCUT2D eigenvalue weighted by molar-refractivity contribution is 0.414. The maximum atomic E-state index is 13.0. The number of tetrazole rings is 1. The van der Waals surface area contributed by atoms with Gasteiger partial charge in [-0.3, -0.25) is 0 Å². The molecule has 0 spiro atoms. The third-order valence-corrected chi connectivity index (χ3v) is 4.74. The second-order valence-corrected chi connectivity index (χ2v) is 6.59. The zero-order valence-electron chi connectivity index (χ0n) is 13.4. The summed E-state index contributed by atoms with van der Waals surface area (Å²) in [4.78, 5) is 0. The summed E-state index contributed by atoms with van der Waals surface area (Å²) < 4.78 is 20.0. The second-order valence-electron chi connectivity index (χ2n) is 5.28. The maximum Gasteiger partial charge on any atom is 0.210 e. The van der Waals surface area contributed by atoms with Gasteiger partial charge in [-0.15, -0.1) is 5.10 Å². The highest BCUT2D eigenvalue weighted by molar-refractivity contribution is 7.99. The van der Waals surface area contributed by atoms with E-state index in [1.54, 1.807) is 35.7 Å². The van der Waals surface area contributed by atoms with E-state index < -0.39 is 0 Å². The number of nitrogens with zero attached hydrogens (tertiary/aromatic N) is 4. The van der Waals surface area contributed by atoms with E-state index in [0.717, 1.165) is 22.0 Å². The van der Waals surface area contributed by atoms with Crippen LogP contribution in [0, 0.1) is 5.82 Å². The molecule has 24 heavy (non-hydrogen) atoms. The monoisotopic (exact) mass is 344 g/mol. The van der Waals surface area contributed by atoms with Crippen LogP contribution >= 0.6 is 11.8 Å². The van der Waals surface area contributed by atoms with Gasteiger partial charge in [0.15, 0.2) is 0 Å². The van der Waals surface area contributed by atoms with Crippen molar-refractivity contribution >= 4 is 11.8 Å². The number of aromatic nitrogens is 4. The Labute approximate surface area is 143 Å². The molecule has 1 atom stereocenters. The van der Waals surface area contributed by atoms with Gasteiger partial charge < -0.3 is 4.74 Å². The Morgan fingerprint density at radius 3 is 2.50 bits per heavy atom. The molecule has 2 aromatic carbocycles. The zero-order chi connectivity index (χ0) is 16.9. The zero-order valence-corrected chi connectivity index (χ0v) is 14.2. The second kappa shape index (κ2) is 7.44. The molecule has 0 saturated heterocycles. The Balaban J connectivity index is 1.71. The molecule has 0 aliphatic heterocycles. The summed E-state index contributed by atoms with van der Waals surface area (Å²) in [5.41, 5.74) is 2.11. The van der Waals surface area contributed by atoms with Crippen molar-refractivity contribution in [3.05, 3.63) is 65.5 Å². The van der Waals surface area contributed by atoms with E-state index in [9.17, 15) is 4.39 Å². The molecule has 0 unspecified atom stereocenters. The van der Waals surface area contributed by atoms with Gasteiger partial charge in [0, 0.05) is 5.25 Å². The molecular formula is C17H17FN4OS. The van der Waals surface area contributed by atoms with E-state index in [0.29, 0.717) is 6.54 Å². The van der Waals surface area contributed by atoms with Crippen molar-refractivity contribution in [3.63, 3.8) is 0 Å². The first-order valence-electron chi connectivity index (χ1n) is 7.47. The van der Waals surface area contributed by atoms with Gasteiger partial charge in [0.2, 0.25) is 5.16 Å². The van der Waals surface area contributed by atoms with Crippen molar-refractivity contribution in [2.45, 2.75) is 23.9 Å². The van der Waals surface area contributed by atoms with Crippen molar-refractivity contribution in [1.29, 1.82) is 0 Å². The van der Waals surface area contributed by atoms with E-state index in [2.05, 4.69) is 15.5 Å². The van der Waals surface area contributed by atoms with Crippen LogP contribution in [0.3, 0.4) is 0 Å². The lowest BCUT2D eigenvalue weighted by atomic mass is 10.2. The summed E-state index contributed by atoms with van der Waals surface area (Å²) in [6.45, 7) is 2.62. The summed E-state index contributed by atoms with van der Waals surface area (Å²) in [6.07, 6.45) is 0. The molecule has 3 aromatic rings. The minimum absolute atomic E-state index is 0.117. The first-order chi connectivity index (χ1) is 11.7. The van der Waals surface area contributed by atoms with Crippen LogP contribution in [0.2, 0.25) is 0 Å². The van der Waals surface area contributed by atoms with Crippen LogP contribution in [-0.4, -0.2) is 27.3 Å². The Morgan fingerprint density at radius 1 is 1.12 bits per heavy atom. The standard InChI is InChI=1S/C17H17FN4OS/c1-12(14-5-7-15(18)8-6-14)24-17-19-20-21-22(17)11-13-3-9-16(23-2)10-4-13/h3-10,12H,11H2,1-2H3/t12-/m1/s1. The predicted octanol–water partition coefficient (Wildman–Crippen LogP) is 3.72. The third kappa shape index (κ3) is 3.91. The summed E-state index contributed by atoms with van der Waals surface area (Å²) in [6, 6.07) is 14.3. The largest absolute Gasteiger partial charge is 0.497 e. The van der Waals surface area contributed by atoms with E-state index in [1.165, 1.54) is 12.1 Å². The molecule has 3 rings (SSSR count). The van der Waals surface area contributed by atoms with Crippen LogP contribution in [0.5, 0.6) is 5.75 Å². The Morgan fingerprint density at radius 2 is 1.83 bits per heavy atom. The van der Waals surface area contributed by atoms with Crippen LogP contribution in [0.25, 0.3) is 0 Å². The van der Waals surface area contributed by atoms with Crippen LogP contribution in [0.1, 0.15) is 23.3 Å². The number of ether oxygens (including phenoxy) is 1. The molecule has 0 bridgehead atoms. The normalized spacial score (nSPS) is 12.1. The summed E-state index contributed by atoms with van der Waals surface area (Å²) >= 11 is 1.54. The van der Waals surface area contributed by atoms with Crippen LogP contribution in [0.4, 0.5) is 4.39 Å². The van der Waals surface area contributed by atoms with Gasteiger partial charge in [-0.25, -0.2) is 9.07 Å². The number of benzene rings is 2. The Kier molecular flexibility index (Phi) is 5.10. The predicted molar refractivity (Wildman–Crippen MR) is 90.6 cm³/mol. The summed E-state index contributed by atoms with van der Waals surface area (Å²) in [7, 11) is 1.64. The number of halogens is 1. The number of hydrogen-bond donors (Lipinski definition) is 0. The van der Waals surface area contributed by atoms with E-state index in [4.69, 9.17) is 4.74 Å². The third-order valence-electron chi connectivity index (χ3n) is 3.61. The van der Waals surface area contributed by atoms with Gasteiger partial charge in [-0.1, -0.05) is 36.0 Å². The Bertz CT molecular complexity index is 789. The first kappa shape index (κ1) is 16.4. The molecule has 1 heterocycles. The van der Waals surface area contributed by atoms with Gasteiger partial charge in [0.05, 0.1) is 13.7 Å². The molecule has 0 radical (unpaired) electrons. The minimum Gasteiger partial charge on any atom is -0.497 e. The fourth-order valence-corrected chi connectivity index (χ4v) is 3.16. The molecule has 5 nitrogen and oxygen atoms in total. The van der Waals surface area contributed by atoms with Crippen LogP contribution in [-0.2, 0) is 6.54 Å². The first-order valence-corrected chi connectivity index (χ1v) is 8.35. The van der Waals surface area contributed by atoms with E-state index in [1.807, 2.05) is 31.2 Å². The van der Waals surface area contributed by atoms with Gasteiger partial charge in [-0.05, 0) is 52.7 Å². The molecule has 7 heteroatoms. The van der Waals surface area contributed by atoms with Gasteiger partial charge in [0.25, 0.3) is 0 Å². The molecule has 0 saturated carbocycles. The SMILES string of the molecule is COc1ccc(Cn2nnnc2S[C@H](C)c2ccc(F)cc2)cc1. The molecule has 0 amide bonds. The van der Waals surface area contributed by atoms with Crippen molar-refractivity contribution in [3.8, 4) is 5.75 Å². The molecule has 124 valence electrons. The smallest absolute Gasteiger partial charge is 0.210 e. The van der Waals surface area contributed by atoms with Crippen molar-refractivity contribution in [1.82, 2.24) is 20.2 Å². The molecule has 0 N–H and O–H groups in total. The quantitative estimate of drug-likeness (QED) is 0.638. The number of rotatable bonds is 6. The summed E-state index contributed by atoms with van der Waals surface area (Å²) in [5, 5.41) is 12.8. The molecule has 0 aliphatic carbocycles. The fourth-order valence-electron chi connectivity index (χ4n) is 2.24. The Hall–Kier alpha value is -2.41. The van der Waals surface area contributed by atoms with E-state index in [-0.39, 0.29) is 11.1 Å². The van der Waals surface area contributed by atoms with Gasteiger partial charge in [0.1, 0.15) is 11.6 Å². The number of hydrogen-bond acceptors (Lipinski definition) is 5. The van der Waals surface area contributed by atoms with Crippen molar-refractivity contribution < 1.29 is 9.13 Å².